The first-order valence-electron chi connectivity index (χ1n) is 7.34. The molecule has 0 amide bonds. The average Bonchev–Trinajstić information content (AvgIpc) is 2.61. The number of aromatic nitrogens is 2. The number of hydrogen-bond donors (Lipinski definition) is 1. The zero-order valence-electron chi connectivity index (χ0n) is 12.8. The van der Waals surface area contributed by atoms with Gasteiger partial charge in [-0.15, -0.1) is 0 Å². The predicted octanol–water partition coefficient (Wildman–Crippen LogP) is 1.20. The molecule has 2 aromatic heterocycles. The second-order valence-electron chi connectivity index (χ2n) is 5.13. The summed E-state index contributed by atoms with van der Waals surface area (Å²) in [5, 5.41) is 10.9. The number of nitro groups is 1. The summed E-state index contributed by atoms with van der Waals surface area (Å²) in [5.74, 6) is 6.63. The van der Waals surface area contributed by atoms with Crippen LogP contribution in [0.2, 0.25) is 0 Å². The number of ether oxygens (including phenoxy) is 1. The molecule has 0 aliphatic carbocycles. The van der Waals surface area contributed by atoms with E-state index in [0.29, 0.717) is 18.8 Å². The van der Waals surface area contributed by atoms with E-state index < -0.39 is 4.92 Å². The minimum atomic E-state index is -0.573. The van der Waals surface area contributed by atoms with Crippen molar-refractivity contribution in [1.29, 1.82) is 0 Å². The Bertz CT molecular complexity index is 822. The van der Waals surface area contributed by atoms with E-state index in [1.165, 1.54) is 6.20 Å². The van der Waals surface area contributed by atoms with Crippen molar-refractivity contribution in [3.63, 3.8) is 0 Å². The van der Waals surface area contributed by atoms with Gasteiger partial charge in [0.1, 0.15) is 17.7 Å². The van der Waals surface area contributed by atoms with Crippen LogP contribution in [0.15, 0.2) is 30.7 Å². The van der Waals surface area contributed by atoms with Crippen LogP contribution in [0, 0.1) is 22.0 Å². The minimum absolute atomic E-state index is 0.0185. The number of pyridine rings is 2. The van der Waals surface area contributed by atoms with Crippen LogP contribution in [-0.2, 0) is 4.74 Å². The minimum Gasteiger partial charge on any atom is -0.392 e. The lowest BCUT2D eigenvalue weighted by Crippen LogP contribution is -2.36. The van der Waals surface area contributed by atoms with Gasteiger partial charge in [0.15, 0.2) is 0 Å². The summed E-state index contributed by atoms with van der Waals surface area (Å²) < 4.78 is 5.33. The Morgan fingerprint density at radius 2 is 2.08 bits per heavy atom. The molecule has 1 aliphatic rings. The molecule has 8 heteroatoms. The number of morpholine rings is 1. The van der Waals surface area contributed by atoms with Crippen molar-refractivity contribution in [2.45, 2.75) is 0 Å². The van der Waals surface area contributed by atoms with Crippen molar-refractivity contribution in [3.8, 4) is 11.8 Å². The first-order chi connectivity index (χ1) is 11.6. The van der Waals surface area contributed by atoms with Gasteiger partial charge in [-0.1, -0.05) is 11.8 Å². The fourth-order valence-electron chi connectivity index (χ4n) is 2.31. The van der Waals surface area contributed by atoms with Gasteiger partial charge in [-0.25, -0.2) is 4.98 Å². The molecule has 24 heavy (non-hydrogen) atoms. The van der Waals surface area contributed by atoms with Gasteiger partial charge in [0.25, 0.3) is 0 Å². The number of hydrogen-bond acceptors (Lipinski definition) is 7. The van der Waals surface area contributed by atoms with Crippen molar-refractivity contribution in [2.75, 3.05) is 36.9 Å². The van der Waals surface area contributed by atoms with Gasteiger partial charge in [0.2, 0.25) is 0 Å². The van der Waals surface area contributed by atoms with E-state index in [0.717, 1.165) is 30.7 Å². The van der Waals surface area contributed by atoms with Gasteiger partial charge in [-0.05, 0) is 12.1 Å². The summed E-state index contributed by atoms with van der Waals surface area (Å²) in [7, 11) is 0. The maximum Gasteiger partial charge on any atom is 0.311 e. The molecule has 3 rings (SSSR count). The summed E-state index contributed by atoms with van der Waals surface area (Å²) in [6.07, 6.45) is 4.22. The maximum atomic E-state index is 10.9. The first-order valence-corrected chi connectivity index (χ1v) is 7.34. The van der Waals surface area contributed by atoms with Crippen molar-refractivity contribution in [2.24, 2.45) is 0 Å². The molecule has 122 valence electrons. The topological polar surface area (TPSA) is 107 Å². The van der Waals surface area contributed by atoms with Gasteiger partial charge in [-0.2, -0.15) is 0 Å². The highest BCUT2D eigenvalue weighted by molar-refractivity contribution is 5.67. The van der Waals surface area contributed by atoms with Crippen LogP contribution < -0.4 is 10.6 Å². The van der Waals surface area contributed by atoms with Crippen LogP contribution in [0.1, 0.15) is 11.1 Å². The lowest BCUT2D eigenvalue weighted by atomic mass is 10.2. The van der Waals surface area contributed by atoms with Crippen LogP contribution in [0.25, 0.3) is 0 Å². The predicted molar refractivity (Wildman–Crippen MR) is 88.6 cm³/mol. The van der Waals surface area contributed by atoms with Gasteiger partial charge >= 0.3 is 5.69 Å². The third-order valence-corrected chi connectivity index (χ3v) is 3.59. The average molecular weight is 325 g/mol. The molecule has 2 N–H and O–H groups in total. The van der Waals surface area contributed by atoms with Crippen molar-refractivity contribution < 1.29 is 9.66 Å². The zero-order chi connectivity index (χ0) is 16.9. The standard InChI is InChI=1S/C16H15N5O3/c17-16-13(10-18-11-14(16)21(22)23)2-1-12-3-4-19-15(9-12)20-5-7-24-8-6-20/h3-4,9-11H,5-8H2,(H2,17,18). The van der Waals surface area contributed by atoms with Crippen LogP contribution in [0.3, 0.4) is 0 Å². The highest BCUT2D eigenvalue weighted by Gasteiger charge is 2.14. The number of anilines is 2. The molecule has 0 aromatic carbocycles. The quantitative estimate of drug-likeness (QED) is 0.502. The van der Waals surface area contributed by atoms with Crippen molar-refractivity contribution in [3.05, 3.63) is 52.0 Å². The Morgan fingerprint density at radius 1 is 1.29 bits per heavy atom. The summed E-state index contributed by atoms with van der Waals surface area (Å²) in [6.45, 7) is 2.91. The second-order valence-corrected chi connectivity index (χ2v) is 5.13. The molecule has 0 radical (unpaired) electrons. The first kappa shape index (κ1) is 15.7. The zero-order valence-corrected chi connectivity index (χ0v) is 12.8. The lowest BCUT2D eigenvalue weighted by molar-refractivity contribution is -0.384. The normalized spacial score (nSPS) is 13.9. The van der Waals surface area contributed by atoms with Gasteiger partial charge in [0.05, 0.1) is 23.7 Å². The van der Waals surface area contributed by atoms with E-state index in [4.69, 9.17) is 10.5 Å². The van der Waals surface area contributed by atoms with Crippen LogP contribution in [0.5, 0.6) is 0 Å². The molecule has 1 saturated heterocycles. The molecule has 2 aromatic rings. The van der Waals surface area contributed by atoms with E-state index >= 15 is 0 Å². The fraction of sp³-hybridized carbons (Fsp3) is 0.250. The number of nitrogen functional groups attached to an aromatic ring is 1. The van der Waals surface area contributed by atoms with Crippen LogP contribution >= 0.6 is 0 Å². The smallest absolute Gasteiger partial charge is 0.311 e. The highest BCUT2D eigenvalue weighted by atomic mass is 16.6. The molecule has 0 spiro atoms. The van der Waals surface area contributed by atoms with Gasteiger partial charge in [-0.3, -0.25) is 15.1 Å². The summed E-state index contributed by atoms with van der Waals surface area (Å²) in [5.41, 5.74) is 6.63. The van der Waals surface area contributed by atoms with Crippen molar-refractivity contribution >= 4 is 17.2 Å². The molecule has 0 unspecified atom stereocenters. The third kappa shape index (κ3) is 3.42. The molecule has 1 aliphatic heterocycles. The molecular weight excluding hydrogens is 310 g/mol. The SMILES string of the molecule is Nc1c(C#Cc2ccnc(N3CCOCC3)c2)cncc1[N+](=O)[O-]. The molecule has 3 heterocycles. The van der Waals surface area contributed by atoms with E-state index in [2.05, 4.69) is 26.7 Å². The molecule has 8 nitrogen and oxygen atoms in total. The van der Waals surface area contributed by atoms with E-state index in [1.54, 1.807) is 12.3 Å². The molecule has 1 fully saturated rings. The Hall–Kier alpha value is -3.18. The van der Waals surface area contributed by atoms with E-state index in [9.17, 15) is 10.1 Å². The van der Waals surface area contributed by atoms with Crippen molar-refractivity contribution in [1.82, 2.24) is 9.97 Å². The van der Waals surface area contributed by atoms with Gasteiger partial charge in [0, 0.05) is 31.0 Å². The molecular formula is C16H15N5O3. The summed E-state index contributed by atoms with van der Waals surface area (Å²) >= 11 is 0. The molecule has 0 saturated carbocycles. The van der Waals surface area contributed by atoms with Crippen LogP contribution in [-0.4, -0.2) is 41.2 Å². The third-order valence-electron chi connectivity index (χ3n) is 3.59. The Labute approximate surface area is 138 Å². The summed E-state index contributed by atoms with van der Waals surface area (Å²) in [6, 6.07) is 3.65. The summed E-state index contributed by atoms with van der Waals surface area (Å²) in [4.78, 5) is 20.6. The number of nitrogens with zero attached hydrogens (tertiary/aromatic N) is 4. The van der Waals surface area contributed by atoms with Gasteiger partial charge < -0.3 is 15.4 Å². The van der Waals surface area contributed by atoms with E-state index in [-0.39, 0.29) is 11.4 Å². The Morgan fingerprint density at radius 3 is 2.83 bits per heavy atom. The molecule has 0 atom stereocenters. The van der Waals surface area contributed by atoms with Crippen LogP contribution in [0.4, 0.5) is 17.2 Å². The largest absolute Gasteiger partial charge is 0.392 e. The lowest BCUT2D eigenvalue weighted by Gasteiger charge is -2.27. The number of nitrogens with two attached hydrogens (primary N) is 1. The highest BCUT2D eigenvalue weighted by Crippen LogP contribution is 2.22. The maximum absolute atomic E-state index is 10.9. The fourth-order valence-corrected chi connectivity index (χ4v) is 2.31. The second kappa shape index (κ2) is 6.93. The Kier molecular flexibility index (Phi) is 4.54. The monoisotopic (exact) mass is 325 g/mol. The Balaban J connectivity index is 1.86. The number of rotatable bonds is 2. The van der Waals surface area contributed by atoms with E-state index in [1.807, 2.05) is 6.07 Å². The molecule has 0 bridgehead atoms.